The standard InChI is InChI=1S/C11H9NO3/c13-11(14)7-5-6(7)10-12-8-3-1-2-4-9(8)15-10/h1-4,6-7H,5H2,(H,13,14). The van der Waals surface area contributed by atoms with Crippen molar-refractivity contribution in [3.8, 4) is 0 Å². The summed E-state index contributed by atoms with van der Waals surface area (Å²) in [5.41, 5.74) is 1.52. The molecule has 1 aliphatic rings. The average molecular weight is 203 g/mol. The lowest BCUT2D eigenvalue weighted by molar-refractivity contribution is -0.138. The Balaban J connectivity index is 1.97. The van der Waals surface area contributed by atoms with Crippen LogP contribution in [0.5, 0.6) is 0 Å². The van der Waals surface area contributed by atoms with E-state index in [1.807, 2.05) is 24.3 Å². The zero-order chi connectivity index (χ0) is 10.4. The van der Waals surface area contributed by atoms with E-state index in [-0.39, 0.29) is 11.8 Å². The van der Waals surface area contributed by atoms with E-state index in [1.165, 1.54) is 0 Å². The van der Waals surface area contributed by atoms with Crippen LogP contribution in [-0.4, -0.2) is 16.1 Å². The molecule has 0 bridgehead atoms. The highest BCUT2D eigenvalue weighted by Gasteiger charge is 2.47. The third kappa shape index (κ3) is 1.29. The minimum atomic E-state index is -0.762. The number of rotatable bonds is 2. The Kier molecular flexibility index (Phi) is 1.59. The average Bonchev–Trinajstić information content (AvgIpc) is 2.91. The minimum absolute atomic E-state index is 0.0325. The maximum absolute atomic E-state index is 10.7. The maximum Gasteiger partial charge on any atom is 0.307 e. The highest BCUT2D eigenvalue weighted by molar-refractivity contribution is 5.76. The Morgan fingerprint density at radius 1 is 1.47 bits per heavy atom. The number of hydrogen-bond donors (Lipinski definition) is 1. The highest BCUT2D eigenvalue weighted by atomic mass is 16.4. The summed E-state index contributed by atoms with van der Waals surface area (Å²) in [7, 11) is 0. The molecular formula is C11H9NO3. The van der Waals surface area contributed by atoms with E-state index >= 15 is 0 Å². The lowest BCUT2D eigenvalue weighted by atomic mass is 10.3. The molecule has 3 rings (SSSR count). The molecule has 4 heteroatoms. The minimum Gasteiger partial charge on any atom is -0.481 e. The number of aromatic nitrogens is 1. The smallest absolute Gasteiger partial charge is 0.307 e. The van der Waals surface area contributed by atoms with Gasteiger partial charge in [-0.3, -0.25) is 4.79 Å². The van der Waals surface area contributed by atoms with Crippen molar-refractivity contribution in [2.45, 2.75) is 12.3 Å². The van der Waals surface area contributed by atoms with Crippen molar-refractivity contribution >= 4 is 17.1 Å². The fourth-order valence-electron chi connectivity index (χ4n) is 1.79. The van der Waals surface area contributed by atoms with Crippen LogP contribution in [0.4, 0.5) is 0 Å². The van der Waals surface area contributed by atoms with E-state index in [0.717, 1.165) is 11.1 Å². The largest absolute Gasteiger partial charge is 0.481 e. The molecule has 0 radical (unpaired) electrons. The molecule has 1 heterocycles. The zero-order valence-corrected chi connectivity index (χ0v) is 7.88. The van der Waals surface area contributed by atoms with Gasteiger partial charge in [-0.05, 0) is 18.6 Å². The molecule has 1 fully saturated rings. The lowest BCUT2D eigenvalue weighted by Gasteiger charge is -1.87. The summed E-state index contributed by atoms with van der Waals surface area (Å²) >= 11 is 0. The number of benzene rings is 1. The first-order chi connectivity index (χ1) is 7.25. The van der Waals surface area contributed by atoms with Crippen LogP contribution in [0.3, 0.4) is 0 Å². The molecule has 0 saturated heterocycles. The second-order valence-electron chi connectivity index (χ2n) is 3.81. The molecule has 0 amide bonds. The number of carboxylic acids is 1. The van der Waals surface area contributed by atoms with Gasteiger partial charge in [0.05, 0.1) is 5.92 Å². The number of aliphatic carboxylic acids is 1. The predicted molar refractivity (Wildman–Crippen MR) is 52.5 cm³/mol. The van der Waals surface area contributed by atoms with Crippen molar-refractivity contribution < 1.29 is 14.3 Å². The molecular weight excluding hydrogens is 194 g/mol. The van der Waals surface area contributed by atoms with Gasteiger partial charge in [-0.1, -0.05) is 12.1 Å². The number of fused-ring (bicyclic) bond motifs is 1. The molecule has 1 aromatic heterocycles. The van der Waals surface area contributed by atoms with Gasteiger partial charge < -0.3 is 9.52 Å². The second kappa shape index (κ2) is 2.82. The molecule has 1 aliphatic carbocycles. The molecule has 2 unspecified atom stereocenters. The SMILES string of the molecule is O=C(O)C1CC1c1nc2ccccc2o1. The summed E-state index contributed by atoms with van der Waals surface area (Å²) < 4.78 is 5.50. The number of carboxylic acid groups (broad SMARTS) is 1. The molecule has 2 atom stereocenters. The summed E-state index contributed by atoms with van der Waals surface area (Å²) in [6.07, 6.45) is 0.641. The molecule has 1 aromatic carbocycles. The molecule has 1 saturated carbocycles. The first-order valence-electron chi connectivity index (χ1n) is 4.84. The van der Waals surface area contributed by atoms with Crippen molar-refractivity contribution in [2.75, 3.05) is 0 Å². The number of para-hydroxylation sites is 2. The topological polar surface area (TPSA) is 63.3 Å². The number of hydrogen-bond acceptors (Lipinski definition) is 3. The summed E-state index contributed by atoms with van der Waals surface area (Å²) in [5.74, 6) is -0.543. The zero-order valence-electron chi connectivity index (χ0n) is 7.88. The van der Waals surface area contributed by atoms with Gasteiger partial charge in [0, 0.05) is 5.92 Å². The predicted octanol–water partition coefficient (Wildman–Crippen LogP) is 2.02. The molecule has 15 heavy (non-hydrogen) atoms. The first kappa shape index (κ1) is 8.47. The van der Waals surface area contributed by atoms with Gasteiger partial charge in [0.15, 0.2) is 11.5 Å². The van der Waals surface area contributed by atoms with Crippen LogP contribution in [0.15, 0.2) is 28.7 Å². The monoisotopic (exact) mass is 203 g/mol. The van der Waals surface area contributed by atoms with Crippen LogP contribution in [0.2, 0.25) is 0 Å². The van der Waals surface area contributed by atoms with Crippen LogP contribution in [0.1, 0.15) is 18.2 Å². The van der Waals surface area contributed by atoms with Crippen LogP contribution in [0.25, 0.3) is 11.1 Å². The van der Waals surface area contributed by atoms with Gasteiger partial charge in [-0.25, -0.2) is 4.98 Å². The number of oxazole rings is 1. The quantitative estimate of drug-likeness (QED) is 0.810. The molecule has 1 N–H and O–H groups in total. The fraction of sp³-hybridized carbons (Fsp3) is 0.273. The Hall–Kier alpha value is -1.84. The highest BCUT2D eigenvalue weighted by Crippen LogP contribution is 2.47. The Morgan fingerprint density at radius 2 is 2.27 bits per heavy atom. The van der Waals surface area contributed by atoms with Gasteiger partial charge in [0.1, 0.15) is 5.52 Å². The van der Waals surface area contributed by atoms with Crippen LogP contribution in [-0.2, 0) is 4.79 Å². The van der Waals surface area contributed by atoms with Crippen LogP contribution >= 0.6 is 0 Å². The van der Waals surface area contributed by atoms with E-state index in [4.69, 9.17) is 9.52 Å². The van der Waals surface area contributed by atoms with Crippen molar-refractivity contribution in [1.82, 2.24) is 4.98 Å². The van der Waals surface area contributed by atoms with Crippen molar-refractivity contribution in [1.29, 1.82) is 0 Å². The van der Waals surface area contributed by atoms with Gasteiger partial charge in [0.25, 0.3) is 0 Å². The van der Waals surface area contributed by atoms with Gasteiger partial charge in [0.2, 0.25) is 0 Å². The summed E-state index contributed by atoms with van der Waals surface area (Å²) in [5, 5.41) is 8.79. The van der Waals surface area contributed by atoms with E-state index in [2.05, 4.69) is 4.98 Å². The van der Waals surface area contributed by atoms with Crippen LogP contribution in [0, 0.1) is 5.92 Å². The van der Waals surface area contributed by atoms with Gasteiger partial charge in [-0.15, -0.1) is 0 Å². The summed E-state index contributed by atoms with van der Waals surface area (Å²) in [4.78, 5) is 15.0. The first-order valence-corrected chi connectivity index (χ1v) is 4.84. The van der Waals surface area contributed by atoms with E-state index in [0.29, 0.717) is 12.3 Å². The van der Waals surface area contributed by atoms with Crippen molar-refractivity contribution in [2.24, 2.45) is 5.92 Å². The van der Waals surface area contributed by atoms with Gasteiger partial charge in [-0.2, -0.15) is 0 Å². The third-order valence-corrected chi connectivity index (χ3v) is 2.74. The number of carbonyl (C=O) groups is 1. The normalized spacial score (nSPS) is 24.3. The molecule has 2 aromatic rings. The van der Waals surface area contributed by atoms with E-state index < -0.39 is 5.97 Å². The van der Waals surface area contributed by atoms with Crippen molar-refractivity contribution in [3.05, 3.63) is 30.2 Å². The number of nitrogens with zero attached hydrogens (tertiary/aromatic N) is 1. The Morgan fingerprint density at radius 3 is 2.93 bits per heavy atom. The third-order valence-electron chi connectivity index (χ3n) is 2.74. The summed E-state index contributed by atoms with van der Waals surface area (Å²) in [6.45, 7) is 0. The second-order valence-corrected chi connectivity index (χ2v) is 3.81. The molecule has 0 aliphatic heterocycles. The fourth-order valence-corrected chi connectivity index (χ4v) is 1.79. The van der Waals surface area contributed by atoms with E-state index in [9.17, 15) is 4.79 Å². The van der Waals surface area contributed by atoms with Gasteiger partial charge >= 0.3 is 5.97 Å². The van der Waals surface area contributed by atoms with E-state index in [1.54, 1.807) is 0 Å². The Bertz CT molecular complexity index is 498. The molecule has 0 spiro atoms. The van der Waals surface area contributed by atoms with Crippen LogP contribution < -0.4 is 0 Å². The summed E-state index contributed by atoms with van der Waals surface area (Å²) in [6, 6.07) is 7.46. The molecule has 76 valence electrons. The van der Waals surface area contributed by atoms with Crippen molar-refractivity contribution in [3.63, 3.8) is 0 Å². The Labute approximate surface area is 85.5 Å². The lowest BCUT2D eigenvalue weighted by Crippen LogP contribution is -1.98. The maximum atomic E-state index is 10.7. The molecule has 4 nitrogen and oxygen atoms in total.